The normalized spacial score (nSPS) is 9.17. The van der Waals surface area contributed by atoms with Crippen LogP contribution >= 0.6 is 0 Å². The maximum Gasteiger partial charge on any atom is 0.234 e. The van der Waals surface area contributed by atoms with E-state index in [2.05, 4.69) is 6.58 Å². The van der Waals surface area contributed by atoms with Crippen molar-refractivity contribution < 1.29 is 4.43 Å². The average Bonchev–Trinajstić information content (AvgIpc) is 1.65. The fraction of sp³-hybridized carbons (Fsp3) is 0.500. The second kappa shape index (κ2) is 3.12. The lowest BCUT2D eigenvalue weighted by Crippen LogP contribution is -2.04. The van der Waals surface area contributed by atoms with Crippen LogP contribution in [0.5, 0.6) is 0 Å². The van der Waals surface area contributed by atoms with Gasteiger partial charge in [0, 0.05) is 7.11 Å². The molecule has 0 aromatic rings. The van der Waals surface area contributed by atoms with Crippen LogP contribution in [0.4, 0.5) is 0 Å². The van der Waals surface area contributed by atoms with Crippen molar-refractivity contribution in [1.82, 2.24) is 0 Å². The predicted molar refractivity (Wildman–Crippen MR) is 28.8 cm³/mol. The van der Waals surface area contributed by atoms with Gasteiger partial charge < -0.3 is 4.43 Å². The second-order valence-electron chi connectivity index (χ2n) is 1.02. The van der Waals surface area contributed by atoms with Gasteiger partial charge in [0.15, 0.2) is 0 Å². The summed E-state index contributed by atoms with van der Waals surface area (Å²) in [4.78, 5) is 0. The van der Waals surface area contributed by atoms with E-state index in [9.17, 15) is 0 Å². The van der Waals surface area contributed by atoms with Gasteiger partial charge in [0.1, 0.15) is 0 Å². The third kappa shape index (κ3) is 2.17. The van der Waals surface area contributed by atoms with Gasteiger partial charge in [-0.1, -0.05) is 5.70 Å². The Morgan fingerprint density at radius 3 is 2.33 bits per heavy atom. The Bertz CT molecular complexity index is 44.8. The summed E-state index contributed by atoms with van der Waals surface area (Å²) in [6.45, 7) is 5.59. The summed E-state index contributed by atoms with van der Waals surface area (Å²) in [6.07, 6.45) is 0. The van der Waals surface area contributed by atoms with E-state index in [4.69, 9.17) is 4.43 Å². The standard InChI is InChI=1S/C4H9OSi/c1-4-6(3)5-2/h4H,1H2,2-3H3. The van der Waals surface area contributed by atoms with Crippen molar-refractivity contribution in [3.05, 3.63) is 12.3 Å². The highest BCUT2D eigenvalue weighted by Crippen LogP contribution is 1.78. The lowest BCUT2D eigenvalue weighted by atomic mass is 11.3. The summed E-state index contributed by atoms with van der Waals surface area (Å²) < 4.78 is 4.88. The van der Waals surface area contributed by atoms with E-state index in [1.807, 2.05) is 12.2 Å². The first kappa shape index (κ1) is 5.92. The zero-order valence-corrected chi connectivity index (χ0v) is 5.19. The molecule has 0 aliphatic carbocycles. The van der Waals surface area contributed by atoms with Crippen LogP contribution in [0, 0.1) is 0 Å². The first-order chi connectivity index (χ1) is 2.81. The molecular weight excluding hydrogens is 92.1 g/mol. The molecule has 0 saturated carbocycles. The third-order valence-electron chi connectivity index (χ3n) is 0.609. The molecule has 0 rings (SSSR count). The molecule has 0 N–H and O–H groups in total. The molecule has 0 unspecified atom stereocenters. The van der Waals surface area contributed by atoms with Gasteiger partial charge in [-0.25, -0.2) is 0 Å². The Morgan fingerprint density at radius 1 is 1.83 bits per heavy atom. The monoisotopic (exact) mass is 101 g/mol. The van der Waals surface area contributed by atoms with Gasteiger partial charge in [0.05, 0.1) is 0 Å². The van der Waals surface area contributed by atoms with Crippen LogP contribution in [0.1, 0.15) is 0 Å². The van der Waals surface area contributed by atoms with Gasteiger partial charge in [-0.2, -0.15) is 0 Å². The molecule has 0 bridgehead atoms. The number of hydrogen-bond acceptors (Lipinski definition) is 1. The highest BCUT2D eigenvalue weighted by atomic mass is 28.3. The van der Waals surface area contributed by atoms with E-state index in [0.717, 1.165) is 0 Å². The van der Waals surface area contributed by atoms with Gasteiger partial charge in [-0.3, -0.25) is 0 Å². The molecule has 0 aliphatic heterocycles. The molecule has 0 atom stereocenters. The Kier molecular flexibility index (Phi) is 3.08. The first-order valence-electron chi connectivity index (χ1n) is 1.81. The average molecular weight is 101 g/mol. The first-order valence-corrected chi connectivity index (χ1v) is 3.79. The molecule has 0 heterocycles. The van der Waals surface area contributed by atoms with Crippen molar-refractivity contribution >= 4 is 9.04 Å². The number of hydrogen-bond donors (Lipinski definition) is 0. The van der Waals surface area contributed by atoms with Crippen LogP contribution in [0.2, 0.25) is 6.55 Å². The lowest BCUT2D eigenvalue weighted by molar-refractivity contribution is 0.434. The van der Waals surface area contributed by atoms with Gasteiger partial charge in [0.25, 0.3) is 0 Å². The molecule has 1 radical (unpaired) electrons. The third-order valence-corrected chi connectivity index (χ3v) is 1.83. The molecule has 0 spiro atoms. The Balaban J connectivity index is 2.96. The van der Waals surface area contributed by atoms with E-state index in [1.165, 1.54) is 0 Å². The molecule has 35 valence electrons. The second-order valence-corrected chi connectivity index (χ2v) is 3.06. The quantitative estimate of drug-likeness (QED) is 0.471. The van der Waals surface area contributed by atoms with Gasteiger partial charge in [0.2, 0.25) is 9.04 Å². The summed E-state index contributed by atoms with van der Waals surface area (Å²) in [5.41, 5.74) is 1.85. The highest BCUT2D eigenvalue weighted by molar-refractivity contribution is 6.55. The van der Waals surface area contributed by atoms with Crippen molar-refractivity contribution in [3.8, 4) is 0 Å². The molecule has 0 aromatic heterocycles. The van der Waals surface area contributed by atoms with Crippen LogP contribution in [0.25, 0.3) is 0 Å². The Morgan fingerprint density at radius 2 is 2.33 bits per heavy atom. The summed E-state index contributed by atoms with van der Waals surface area (Å²) in [6, 6.07) is 0. The zero-order valence-electron chi connectivity index (χ0n) is 4.19. The van der Waals surface area contributed by atoms with E-state index in [-0.39, 0.29) is 0 Å². The van der Waals surface area contributed by atoms with Gasteiger partial charge in [-0.15, -0.1) is 6.58 Å². The van der Waals surface area contributed by atoms with Crippen molar-refractivity contribution in [2.24, 2.45) is 0 Å². The van der Waals surface area contributed by atoms with Crippen LogP contribution in [0.3, 0.4) is 0 Å². The molecule has 6 heavy (non-hydrogen) atoms. The summed E-state index contributed by atoms with van der Waals surface area (Å²) in [7, 11) is 1.10. The topological polar surface area (TPSA) is 9.23 Å². The maximum absolute atomic E-state index is 4.88. The predicted octanol–water partition coefficient (Wildman–Crippen LogP) is 0.979. The lowest BCUT2D eigenvalue weighted by Gasteiger charge is -1.93. The van der Waals surface area contributed by atoms with Gasteiger partial charge >= 0.3 is 0 Å². The molecule has 1 nitrogen and oxygen atoms in total. The molecule has 0 aromatic carbocycles. The van der Waals surface area contributed by atoms with Crippen LogP contribution in [-0.4, -0.2) is 16.2 Å². The molecule has 0 saturated heterocycles. The van der Waals surface area contributed by atoms with Crippen LogP contribution in [-0.2, 0) is 4.43 Å². The minimum Gasteiger partial charge on any atom is -0.416 e. The Hall–Kier alpha value is -0.0831. The van der Waals surface area contributed by atoms with Crippen molar-refractivity contribution in [2.75, 3.05) is 7.11 Å². The van der Waals surface area contributed by atoms with Crippen molar-refractivity contribution in [2.45, 2.75) is 6.55 Å². The largest absolute Gasteiger partial charge is 0.416 e. The van der Waals surface area contributed by atoms with Crippen LogP contribution in [0.15, 0.2) is 12.3 Å². The van der Waals surface area contributed by atoms with E-state index >= 15 is 0 Å². The minimum atomic E-state index is -0.604. The zero-order chi connectivity index (χ0) is 4.99. The summed E-state index contributed by atoms with van der Waals surface area (Å²) >= 11 is 0. The fourth-order valence-corrected chi connectivity index (χ4v) is 0.250. The smallest absolute Gasteiger partial charge is 0.234 e. The van der Waals surface area contributed by atoms with E-state index < -0.39 is 9.04 Å². The fourth-order valence-electron chi connectivity index (χ4n) is 0.0833. The maximum atomic E-state index is 4.88. The van der Waals surface area contributed by atoms with E-state index in [1.54, 1.807) is 7.11 Å². The summed E-state index contributed by atoms with van der Waals surface area (Å²) in [5, 5.41) is 0. The SMILES string of the molecule is C=C[Si](C)OC. The highest BCUT2D eigenvalue weighted by Gasteiger charge is 1.90. The minimum absolute atomic E-state index is 0.604. The van der Waals surface area contributed by atoms with Crippen molar-refractivity contribution in [3.63, 3.8) is 0 Å². The molecule has 0 amide bonds. The molecule has 0 aliphatic rings. The van der Waals surface area contributed by atoms with Crippen molar-refractivity contribution in [1.29, 1.82) is 0 Å². The van der Waals surface area contributed by atoms with Gasteiger partial charge in [-0.05, 0) is 6.55 Å². The molecular formula is C4H9OSi. The van der Waals surface area contributed by atoms with Crippen LogP contribution < -0.4 is 0 Å². The van der Waals surface area contributed by atoms with E-state index in [0.29, 0.717) is 0 Å². The molecule has 0 fully saturated rings. The molecule has 2 heteroatoms. The Labute approximate surface area is 40.4 Å². The summed E-state index contributed by atoms with van der Waals surface area (Å²) in [5.74, 6) is 0. The number of rotatable bonds is 2.